The number of benzene rings is 1. The molecular formula is C23H31ClN4O7. The van der Waals surface area contributed by atoms with E-state index in [1.165, 1.54) is 18.2 Å². The van der Waals surface area contributed by atoms with Gasteiger partial charge in [0.2, 0.25) is 5.91 Å². The van der Waals surface area contributed by atoms with Crippen LogP contribution in [-0.4, -0.2) is 76.9 Å². The molecule has 1 heterocycles. The first-order valence-corrected chi connectivity index (χ1v) is 11.8. The Balaban J connectivity index is 1.76. The number of amides is 4. The fourth-order valence-electron chi connectivity index (χ4n) is 4.22. The van der Waals surface area contributed by atoms with Crippen molar-refractivity contribution in [3.8, 4) is 0 Å². The number of nitrogens with zero attached hydrogens (tertiary/aromatic N) is 2. The van der Waals surface area contributed by atoms with Crippen molar-refractivity contribution in [2.45, 2.75) is 56.7 Å². The van der Waals surface area contributed by atoms with Crippen molar-refractivity contribution in [3.63, 3.8) is 0 Å². The standard InChI is InChI=1S/C23H31ClN4O7/c1-22(33,20(31)35-2)14-27-18(29)12-26-28(21(27)32)15-7-8-17(24)16(11-15)19(30)25-13-23(34)9-5-3-4-6-10-23/h7-8,11,26,33-34H,3-6,9-10,12-14H2,1-2H3,(H,25,30). The molecule has 11 nitrogen and oxygen atoms in total. The van der Waals surface area contributed by atoms with Gasteiger partial charge in [-0.2, -0.15) is 0 Å². The predicted octanol–water partition coefficient (Wildman–Crippen LogP) is 1.35. The highest BCUT2D eigenvalue weighted by molar-refractivity contribution is 6.34. The fraction of sp³-hybridized carbons (Fsp3) is 0.565. The highest BCUT2D eigenvalue weighted by Gasteiger charge is 2.41. The number of urea groups is 1. The maximum absolute atomic E-state index is 13.0. The lowest BCUT2D eigenvalue weighted by molar-refractivity contribution is -0.162. The van der Waals surface area contributed by atoms with Gasteiger partial charge < -0.3 is 20.3 Å². The third-order valence-corrected chi connectivity index (χ3v) is 6.60. The molecule has 1 saturated heterocycles. The molecule has 35 heavy (non-hydrogen) atoms. The van der Waals surface area contributed by atoms with Gasteiger partial charge in [0.1, 0.15) is 0 Å². The molecule has 3 rings (SSSR count). The molecule has 2 aliphatic rings. The zero-order valence-corrected chi connectivity index (χ0v) is 20.6. The smallest absolute Gasteiger partial charge is 0.345 e. The van der Waals surface area contributed by atoms with Gasteiger partial charge in [-0.25, -0.2) is 20.0 Å². The van der Waals surface area contributed by atoms with Crippen molar-refractivity contribution in [3.05, 3.63) is 28.8 Å². The summed E-state index contributed by atoms with van der Waals surface area (Å²) in [4.78, 5) is 50.8. The van der Waals surface area contributed by atoms with Crippen LogP contribution in [0.3, 0.4) is 0 Å². The molecule has 4 amide bonds. The van der Waals surface area contributed by atoms with Crippen LogP contribution in [0, 0.1) is 0 Å². The van der Waals surface area contributed by atoms with Crippen molar-refractivity contribution in [2.75, 3.05) is 31.8 Å². The molecule has 0 bridgehead atoms. The maximum atomic E-state index is 13.0. The Labute approximate surface area is 208 Å². The van der Waals surface area contributed by atoms with Crippen LogP contribution in [0.2, 0.25) is 5.02 Å². The molecule has 0 radical (unpaired) electrons. The van der Waals surface area contributed by atoms with Crippen molar-refractivity contribution < 1.29 is 34.1 Å². The van der Waals surface area contributed by atoms with Gasteiger partial charge in [-0.15, -0.1) is 0 Å². The number of hydrogen-bond donors (Lipinski definition) is 4. The van der Waals surface area contributed by atoms with E-state index in [2.05, 4.69) is 15.5 Å². The summed E-state index contributed by atoms with van der Waals surface area (Å²) in [5.74, 6) is -2.16. The molecule has 2 fully saturated rings. The number of methoxy groups -OCH3 is 1. The first kappa shape index (κ1) is 26.9. The van der Waals surface area contributed by atoms with Gasteiger partial charge in [0.25, 0.3) is 5.91 Å². The fourth-order valence-corrected chi connectivity index (χ4v) is 4.42. The number of hydrogen-bond acceptors (Lipinski definition) is 8. The summed E-state index contributed by atoms with van der Waals surface area (Å²) in [5.41, 5.74) is -0.123. The molecule has 1 aromatic rings. The zero-order chi connectivity index (χ0) is 25.8. The number of rotatable bonds is 7. The minimum absolute atomic E-state index is 0.0815. The number of imide groups is 1. The van der Waals surface area contributed by atoms with Gasteiger partial charge in [0.05, 0.1) is 42.1 Å². The second-order valence-electron chi connectivity index (χ2n) is 9.18. The number of ether oxygens (including phenoxy) is 1. The predicted molar refractivity (Wildman–Crippen MR) is 127 cm³/mol. The number of aliphatic hydroxyl groups is 2. The summed E-state index contributed by atoms with van der Waals surface area (Å²) in [7, 11) is 1.08. The van der Waals surface area contributed by atoms with Crippen LogP contribution in [-0.2, 0) is 14.3 Å². The highest BCUT2D eigenvalue weighted by Crippen LogP contribution is 2.28. The number of carbonyl (C=O) groups excluding carboxylic acids is 4. The van der Waals surface area contributed by atoms with E-state index in [-0.39, 0.29) is 29.4 Å². The average Bonchev–Trinajstić information content (AvgIpc) is 3.05. The lowest BCUT2D eigenvalue weighted by Crippen LogP contribution is -2.64. The van der Waals surface area contributed by atoms with Crippen LogP contribution in [0.1, 0.15) is 55.8 Å². The molecular weight excluding hydrogens is 480 g/mol. The van der Waals surface area contributed by atoms with Gasteiger partial charge in [-0.3, -0.25) is 14.5 Å². The van der Waals surface area contributed by atoms with Gasteiger partial charge in [0.15, 0.2) is 5.60 Å². The Bertz CT molecular complexity index is 992. The number of β-amino-alcohol motifs (C(OH)–C–C–N with tert-alkyl or cyclic N) is 1. The Morgan fingerprint density at radius 3 is 2.51 bits per heavy atom. The topological polar surface area (TPSA) is 149 Å². The summed E-state index contributed by atoms with van der Waals surface area (Å²) in [6.45, 7) is 0.312. The van der Waals surface area contributed by atoms with Crippen molar-refractivity contribution in [1.29, 1.82) is 0 Å². The summed E-state index contributed by atoms with van der Waals surface area (Å²) in [6, 6.07) is 3.44. The number of nitrogens with one attached hydrogen (secondary N) is 2. The summed E-state index contributed by atoms with van der Waals surface area (Å²) < 4.78 is 4.53. The largest absolute Gasteiger partial charge is 0.467 e. The summed E-state index contributed by atoms with van der Waals surface area (Å²) in [5, 5.41) is 25.1. The van der Waals surface area contributed by atoms with E-state index < -0.39 is 41.6 Å². The van der Waals surface area contributed by atoms with E-state index in [1.54, 1.807) is 0 Å². The van der Waals surface area contributed by atoms with Crippen LogP contribution in [0.4, 0.5) is 10.5 Å². The first-order chi connectivity index (χ1) is 16.5. The Morgan fingerprint density at radius 1 is 1.23 bits per heavy atom. The number of esters is 1. The van der Waals surface area contributed by atoms with Crippen molar-refractivity contribution >= 4 is 41.1 Å². The minimum atomic E-state index is -2.10. The first-order valence-electron chi connectivity index (χ1n) is 11.5. The van der Waals surface area contributed by atoms with Crippen molar-refractivity contribution in [2.24, 2.45) is 0 Å². The molecule has 0 aromatic heterocycles. The molecule has 1 unspecified atom stereocenters. The maximum Gasteiger partial charge on any atom is 0.345 e. The number of halogens is 1. The Kier molecular flexibility index (Phi) is 8.37. The molecule has 1 atom stereocenters. The zero-order valence-electron chi connectivity index (χ0n) is 19.8. The molecule has 4 N–H and O–H groups in total. The lowest BCUT2D eigenvalue weighted by Gasteiger charge is -2.37. The van der Waals surface area contributed by atoms with Gasteiger partial charge in [-0.1, -0.05) is 37.3 Å². The number of hydrazine groups is 1. The lowest BCUT2D eigenvalue weighted by atomic mass is 9.94. The van der Waals surface area contributed by atoms with Crippen LogP contribution in [0.5, 0.6) is 0 Å². The van der Waals surface area contributed by atoms with E-state index in [9.17, 15) is 29.4 Å². The second-order valence-corrected chi connectivity index (χ2v) is 9.59. The number of carbonyl (C=O) groups is 4. The molecule has 1 saturated carbocycles. The second kappa shape index (κ2) is 10.9. The van der Waals surface area contributed by atoms with E-state index in [4.69, 9.17) is 11.6 Å². The molecule has 1 aliphatic carbocycles. The highest BCUT2D eigenvalue weighted by atomic mass is 35.5. The van der Waals surface area contributed by atoms with E-state index >= 15 is 0 Å². The summed E-state index contributed by atoms with van der Waals surface area (Å²) >= 11 is 6.24. The van der Waals surface area contributed by atoms with Gasteiger partial charge >= 0.3 is 12.0 Å². The van der Waals surface area contributed by atoms with Crippen LogP contribution < -0.4 is 15.8 Å². The Morgan fingerprint density at radius 2 is 1.89 bits per heavy atom. The molecule has 12 heteroatoms. The van der Waals surface area contributed by atoms with Gasteiger partial charge in [0, 0.05) is 6.54 Å². The summed E-state index contributed by atoms with van der Waals surface area (Å²) in [6.07, 6.45) is 5.09. The SMILES string of the molecule is COC(=O)C(C)(O)CN1C(=O)CNN(c2ccc(Cl)c(C(=O)NCC3(O)CCCCCC3)c2)C1=O. The van der Waals surface area contributed by atoms with Crippen molar-refractivity contribution in [1.82, 2.24) is 15.6 Å². The normalized spacial score (nSPS) is 20.1. The third kappa shape index (κ3) is 6.29. The minimum Gasteiger partial charge on any atom is -0.467 e. The van der Waals surface area contributed by atoms with Crippen LogP contribution in [0.25, 0.3) is 0 Å². The molecule has 192 valence electrons. The molecule has 1 aliphatic heterocycles. The quantitative estimate of drug-likeness (QED) is 0.317. The van der Waals surface area contributed by atoms with E-state index in [0.717, 1.165) is 49.6 Å². The van der Waals surface area contributed by atoms with Crippen LogP contribution >= 0.6 is 11.6 Å². The third-order valence-electron chi connectivity index (χ3n) is 6.27. The van der Waals surface area contributed by atoms with E-state index in [1.807, 2.05) is 0 Å². The van der Waals surface area contributed by atoms with E-state index in [0.29, 0.717) is 12.8 Å². The molecule has 1 aromatic carbocycles. The van der Waals surface area contributed by atoms with Gasteiger partial charge in [-0.05, 0) is 38.0 Å². The Hall–Kier alpha value is -2.73. The molecule has 0 spiro atoms. The number of anilines is 1. The van der Waals surface area contributed by atoms with Crippen LogP contribution in [0.15, 0.2) is 18.2 Å². The average molecular weight is 511 g/mol. The monoisotopic (exact) mass is 510 g/mol.